The molecule has 0 aromatic heterocycles. The summed E-state index contributed by atoms with van der Waals surface area (Å²) >= 11 is 0. The van der Waals surface area contributed by atoms with Crippen LogP contribution in [0.1, 0.15) is 0 Å². The first-order valence-corrected chi connectivity index (χ1v) is 2.23. The van der Waals surface area contributed by atoms with Gasteiger partial charge in [-0.2, -0.15) is 0 Å². The van der Waals surface area contributed by atoms with Crippen molar-refractivity contribution in [3.05, 3.63) is 30.1 Å². The Hall–Kier alpha value is -1.05. The Labute approximate surface area is 49.9 Å². The first kappa shape index (κ1) is 3.07. The van der Waals surface area contributed by atoms with Crippen LogP contribution in [0.4, 0.5) is 10.1 Å². The molecule has 0 saturated heterocycles. The maximum absolute atomic E-state index is 12.2. The monoisotopic (exact) mass is 113 g/mol. The highest BCUT2D eigenvalue weighted by molar-refractivity contribution is 5.36. The van der Waals surface area contributed by atoms with Crippen LogP contribution in [0.3, 0.4) is 0 Å². The zero-order valence-electron chi connectivity index (χ0n) is 6.13. The molecule has 0 amide bonds. The molecule has 1 rings (SSSR count). The molecule has 8 heavy (non-hydrogen) atoms. The summed E-state index contributed by atoms with van der Waals surface area (Å²) in [7, 11) is 0. The number of hydrogen-bond donors (Lipinski definition) is 1. The number of halogens is 1. The molecule has 2 heteroatoms. The number of benzene rings is 1. The smallest absolute Gasteiger partial charge is 0.156 e. The molecule has 0 unspecified atom stereocenters. The minimum atomic E-state index is -0.356. The number of rotatable bonds is 1. The molecule has 0 spiro atoms. The summed E-state index contributed by atoms with van der Waals surface area (Å²) in [4.78, 5) is 0. The average molecular weight is 113 g/mol. The minimum absolute atomic E-state index is 0.349. The maximum atomic E-state index is 12.2. The molecule has 1 aromatic carbocycles. The summed E-state index contributed by atoms with van der Waals surface area (Å²) in [5.74, 6) is -0.356. The molecular formula is C6H6FN. The van der Waals surface area contributed by atoms with E-state index in [0.29, 0.717) is 11.4 Å². The van der Waals surface area contributed by atoms with Crippen molar-refractivity contribution < 1.29 is 7.21 Å². The van der Waals surface area contributed by atoms with Crippen molar-refractivity contribution >= 4 is 5.69 Å². The van der Waals surface area contributed by atoms with Crippen LogP contribution < -0.4 is 5.72 Å². The molecule has 2 N–H and O–H groups in total. The summed E-state index contributed by atoms with van der Waals surface area (Å²) in [5, 5.41) is 0. The Bertz CT molecular complexity index is 209. The van der Waals surface area contributed by atoms with Crippen LogP contribution in [0, 0.1) is 5.82 Å². The van der Waals surface area contributed by atoms with E-state index in [4.69, 9.17) is 2.82 Å². The van der Waals surface area contributed by atoms with Crippen LogP contribution in [-0.2, 0) is 0 Å². The van der Waals surface area contributed by atoms with E-state index in [1.54, 1.807) is 0 Å². The largest absolute Gasteiger partial charge is 0.399 e. The van der Waals surface area contributed by atoms with E-state index in [0.717, 1.165) is 0 Å². The SMILES string of the molecule is [2H]N([2H])c1ccc(F)cc1. The highest BCUT2D eigenvalue weighted by atomic mass is 19.1. The van der Waals surface area contributed by atoms with E-state index in [2.05, 4.69) is 0 Å². The molecule has 1 aromatic rings. The molecule has 1 nitrogen and oxygen atoms in total. The van der Waals surface area contributed by atoms with Crippen LogP contribution in [0.15, 0.2) is 24.3 Å². The van der Waals surface area contributed by atoms with Crippen LogP contribution in [0.2, 0.25) is 2.82 Å². The van der Waals surface area contributed by atoms with Gasteiger partial charge in [0, 0.05) is 5.69 Å². The fourth-order valence-corrected chi connectivity index (χ4v) is 0.441. The molecule has 0 aliphatic carbocycles. The van der Waals surface area contributed by atoms with Gasteiger partial charge in [0.1, 0.15) is 5.82 Å². The molecule has 0 aliphatic heterocycles. The van der Waals surface area contributed by atoms with Gasteiger partial charge in [-0.3, -0.25) is 0 Å². The number of nitrogens with two attached hydrogens (primary N) is 1. The van der Waals surface area contributed by atoms with Gasteiger partial charge < -0.3 is 5.72 Å². The Morgan fingerprint density at radius 3 is 2.50 bits per heavy atom. The molecule has 0 radical (unpaired) electrons. The van der Waals surface area contributed by atoms with Crippen molar-refractivity contribution in [2.75, 3.05) is 5.72 Å². The average Bonchev–Trinajstić information content (AvgIpc) is 1.88. The van der Waals surface area contributed by atoms with Gasteiger partial charge in [0.15, 0.2) is 2.82 Å². The van der Waals surface area contributed by atoms with E-state index < -0.39 is 0 Å². The van der Waals surface area contributed by atoms with Crippen LogP contribution in [0.5, 0.6) is 0 Å². The fourth-order valence-electron chi connectivity index (χ4n) is 0.441. The zero-order valence-corrected chi connectivity index (χ0v) is 4.13. The summed E-state index contributed by atoms with van der Waals surface area (Å²) in [6.07, 6.45) is 0. The van der Waals surface area contributed by atoms with E-state index in [1.807, 2.05) is 0 Å². The predicted molar refractivity (Wildman–Crippen MR) is 30.8 cm³/mol. The quantitative estimate of drug-likeness (QED) is 0.547. The van der Waals surface area contributed by atoms with Crippen molar-refractivity contribution in [2.24, 2.45) is 0 Å². The third kappa shape index (κ3) is 0.964. The van der Waals surface area contributed by atoms with Gasteiger partial charge in [0.25, 0.3) is 0 Å². The second-order valence-corrected chi connectivity index (χ2v) is 1.48. The van der Waals surface area contributed by atoms with Gasteiger partial charge in [-0.1, -0.05) is 0 Å². The van der Waals surface area contributed by atoms with E-state index >= 15 is 0 Å². The Balaban J connectivity index is 2.89. The summed E-state index contributed by atoms with van der Waals surface area (Å²) < 4.78 is 25.7. The van der Waals surface area contributed by atoms with Crippen molar-refractivity contribution in [1.82, 2.24) is 0 Å². The van der Waals surface area contributed by atoms with E-state index in [1.165, 1.54) is 24.3 Å². The summed E-state index contributed by atoms with van der Waals surface area (Å²) in [6, 6.07) is 5.17. The molecule has 42 valence electrons. The molecule has 0 atom stereocenters. The third-order valence-corrected chi connectivity index (χ3v) is 0.827. The second-order valence-electron chi connectivity index (χ2n) is 1.48. The highest BCUT2D eigenvalue weighted by Gasteiger charge is 1.83. The molecule has 0 saturated carbocycles. The molecule has 0 bridgehead atoms. The third-order valence-electron chi connectivity index (χ3n) is 0.827. The van der Waals surface area contributed by atoms with Gasteiger partial charge in [-0.05, 0) is 24.3 Å². The number of hydrogen-bond acceptors (Lipinski definition) is 1. The second kappa shape index (κ2) is 1.82. The van der Waals surface area contributed by atoms with Gasteiger partial charge >= 0.3 is 0 Å². The van der Waals surface area contributed by atoms with Gasteiger partial charge in [0.2, 0.25) is 0 Å². The Kier molecular flexibility index (Phi) is 0.699. The molecule has 0 aliphatic rings. The number of nitrogen functional groups attached to an aromatic ring is 1. The van der Waals surface area contributed by atoms with Crippen molar-refractivity contribution in [3.8, 4) is 0 Å². The molecular weight excluding hydrogens is 105 g/mol. The normalized spacial score (nSPS) is 12.1. The number of anilines is 1. The van der Waals surface area contributed by atoms with E-state index in [-0.39, 0.29) is 5.82 Å². The molecule has 0 fully saturated rings. The highest BCUT2D eigenvalue weighted by Crippen LogP contribution is 2.01. The lowest BCUT2D eigenvalue weighted by atomic mass is 10.3. The fraction of sp³-hybridized carbons (Fsp3) is 0. The van der Waals surface area contributed by atoms with Crippen molar-refractivity contribution in [1.29, 1.82) is 0 Å². The first-order chi connectivity index (χ1) is 4.70. The maximum Gasteiger partial charge on any atom is 0.156 e. The Morgan fingerprint density at radius 1 is 1.38 bits per heavy atom. The topological polar surface area (TPSA) is 26.0 Å². The van der Waals surface area contributed by atoms with Crippen molar-refractivity contribution in [2.45, 2.75) is 0 Å². The van der Waals surface area contributed by atoms with Gasteiger partial charge in [-0.15, -0.1) is 0 Å². The lowest BCUT2D eigenvalue weighted by Gasteiger charge is -1.87. The van der Waals surface area contributed by atoms with Gasteiger partial charge in [-0.25, -0.2) is 4.39 Å². The van der Waals surface area contributed by atoms with Crippen molar-refractivity contribution in [3.63, 3.8) is 0 Å². The predicted octanol–water partition coefficient (Wildman–Crippen LogP) is 1.41. The first-order valence-electron chi connectivity index (χ1n) is 3.13. The Morgan fingerprint density at radius 2 is 2.00 bits per heavy atom. The summed E-state index contributed by atoms with van der Waals surface area (Å²) in [5.41, 5.74) is 0.779. The van der Waals surface area contributed by atoms with Crippen LogP contribution >= 0.6 is 0 Å². The lowest BCUT2D eigenvalue weighted by molar-refractivity contribution is 0.628. The minimum Gasteiger partial charge on any atom is -0.399 e. The van der Waals surface area contributed by atoms with Gasteiger partial charge in [0.05, 0.1) is 0 Å². The standard InChI is InChI=1S/C6H6FN/c7-5-1-3-6(8)4-2-5/h1-4H,8H2/i/hD2. The lowest BCUT2D eigenvalue weighted by Crippen LogP contribution is -1.82. The van der Waals surface area contributed by atoms with E-state index in [9.17, 15) is 4.39 Å². The molecule has 0 heterocycles. The zero-order chi connectivity index (χ0) is 7.56. The summed E-state index contributed by atoms with van der Waals surface area (Å²) in [6.45, 7) is 0. The van der Waals surface area contributed by atoms with Crippen LogP contribution in [0.25, 0.3) is 0 Å². The van der Waals surface area contributed by atoms with Crippen LogP contribution in [-0.4, -0.2) is 0 Å².